The molecule has 0 heterocycles. The molecular weight excluding hydrogens is 509 g/mol. The van der Waals surface area contributed by atoms with E-state index in [4.69, 9.17) is 16.3 Å². The molecule has 3 rings (SSSR count). The summed E-state index contributed by atoms with van der Waals surface area (Å²) in [5, 5.41) is 14.2. The van der Waals surface area contributed by atoms with Gasteiger partial charge in [0, 0.05) is 17.6 Å². The molecule has 0 spiro atoms. The molecule has 0 aromatic heterocycles. The minimum Gasteiger partial charge on any atom is -0.462 e. The van der Waals surface area contributed by atoms with Crippen molar-refractivity contribution in [3.63, 3.8) is 0 Å². The van der Waals surface area contributed by atoms with E-state index in [0.717, 1.165) is 11.1 Å². The van der Waals surface area contributed by atoms with Crippen LogP contribution in [0.5, 0.6) is 0 Å². The van der Waals surface area contributed by atoms with Crippen molar-refractivity contribution in [1.82, 2.24) is 5.32 Å². The molecule has 0 saturated heterocycles. The Kier molecular flexibility index (Phi) is 10.7. The van der Waals surface area contributed by atoms with Gasteiger partial charge in [0.2, 0.25) is 9.84 Å². The van der Waals surface area contributed by atoms with Gasteiger partial charge in [-0.3, -0.25) is 0 Å². The number of sulfone groups is 1. The molecule has 0 bridgehead atoms. The number of carbonyl (C=O) groups excluding carboxylic acids is 1. The monoisotopic (exact) mass is 537 g/mol. The third kappa shape index (κ3) is 7.78. The third-order valence-electron chi connectivity index (χ3n) is 5.34. The van der Waals surface area contributed by atoms with Crippen molar-refractivity contribution in [2.24, 2.45) is 0 Å². The minimum atomic E-state index is -3.71. The summed E-state index contributed by atoms with van der Waals surface area (Å²) in [5.74, 6) is -0.487. The molecule has 0 aliphatic heterocycles. The molecule has 2 N–H and O–H groups in total. The Morgan fingerprint density at radius 3 is 2.20 bits per heavy atom. The number of esters is 1. The average Bonchev–Trinajstić information content (AvgIpc) is 2.83. The highest BCUT2D eigenvalue weighted by Gasteiger charge is 2.19. The fraction of sp³-hybridized carbons (Fsp3) is 0.269. The fourth-order valence-corrected chi connectivity index (χ4v) is 4.96. The van der Waals surface area contributed by atoms with E-state index < -0.39 is 21.9 Å². The number of aliphatic hydroxyl groups is 1. The maximum Gasteiger partial charge on any atom is 0.338 e. The van der Waals surface area contributed by atoms with Gasteiger partial charge < -0.3 is 15.2 Å². The Balaban J connectivity index is 0.00000432. The predicted molar refractivity (Wildman–Crippen MR) is 139 cm³/mol. The maximum atomic E-state index is 12.9. The van der Waals surface area contributed by atoms with Crippen LogP contribution < -0.4 is 5.32 Å². The maximum absolute atomic E-state index is 12.9. The molecule has 0 unspecified atom stereocenters. The van der Waals surface area contributed by atoms with Gasteiger partial charge in [-0.05, 0) is 79.9 Å². The lowest BCUT2D eigenvalue weighted by molar-refractivity contribution is 0.0526. The lowest BCUT2D eigenvalue weighted by Crippen LogP contribution is -2.32. The first-order valence-electron chi connectivity index (χ1n) is 11.0. The number of halogens is 2. The van der Waals surface area contributed by atoms with Crippen molar-refractivity contribution < 1.29 is 23.1 Å². The number of hydrogen-bond donors (Lipinski definition) is 2. The van der Waals surface area contributed by atoms with Crippen LogP contribution in [-0.2, 0) is 21.0 Å². The number of rotatable bonds is 10. The number of nitrogens with one attached hydrogen (secondary N) is 1. The zero-order chi connectivity index (χ0) is 24.7. The molecule has 35 heavy (non-hydrogen) atoms. The van der Waals surface area contributed by atoms with E-state index in [1.54, 1.807) is 49.4 Å². The molecule has 188 valence electrons. The molecule has 3 aromatic carbocycles. The van der Waals surface area contributed by atoms with Gasteiger partial charge in [-0.15, -0.1) is 12.4 Å². The molecule has 0 amide bonds. The van der Waals surface area contributed by atoms with E-state index >= 15 is 0 Å². The molecular formula is C26H29Cl2NO5S. The van der Waals surface area contributed by atoms with Crippen LogP contribution in [-0.4, -0.2) is 38.7 Å². The first-order chi connectivity index (χ1) is 16.2. The second-order valence-electron chi connectivity index (χ2n) is 7.98. The van der Waals surface area contributed by atoms with E-state index in [-0.39, 0.29) is 34.8 Å². The number of aliphatic hydroxyl groups excluding tert-OH is 1. The van der Waals surface area contributed by atoms with Crippen molar-refractivity contribution in [1.29, 1.82) is 0 Å². The van der Waals surface area contributed by atoms with Crippen LogP contribution in [0.1, 0.15) is 41.4 Å². The van der Waals surface area contributed by atoms with E-state index in [1.165, 1.54) is 24.3 Å². The Morgan fingerprint density at radius 2 is 1.63 bits per heavy atom. The highest BCUT2D eigenvalue weighted by Crippen LogP contribution is 2.22. The van der Waals surface area contributed by atoms with Gasteiger partial charge >= 0.3 is 5.97 Å². The minimum absolute atomic E-state index is 0. The molecule has 0 aliphatic carbocycles. The SMILES string of the molecule is CCOC(=O)c1ccc(S(=O)(=O)c2ccc(C[C@H](C)NC[C@@H](O)c3cccc(Cl)c3)cc2)cc1.Cl. The smallest absolute Gasteiger partial charge is 0.338 e. The highest BCUT2D eigenvalue weighted by atomic mass is 35.5. The lowest BCUT2D eigenvalue weighted by Gasteiger charge is -2.18. The Labute approximate surface area is 217 Å². The number of ether oxygens (including phenoxy) is 1. The van der Waals surface area contributed by atoms with Gasteiger partial charge in [0.1, 0.15) is 0 Å². The number of hydrogen-bond acceptors (Lipinski definition) is 6. The van der Waals surface area contributed by atoms with Crippen LogP contribution in [0.4, 0.5) is 0 Å². The van der Waals surface area contributed by atoms with E-state index in [1.807, 2.05) is 13.0 Å². The molecule has 0 saturated carbocycles. The van der Waals surface area contributed by atoms with E-state index in [9.17, 15) is 18.3 Å². The van der Waals surface area contributed by atoms with Gasteiger partial charge in [0.05, 0.1) is 28.1 Å². The predicted octanol–water partition coefficient (Wildman–Crippen LogP) is 5.03. The molecule has 3 aromatic rings. The van der Waals surface area contributed by atoms with E-state index in [0.29, 0.717) is 23.6 Å². The van der Waals surface area contributed by atoms with Crippen LogP contribution in [0, 0.1) is 0 Å². The zero-order valence-corrected chi connectivity index (χ0v) is 21.9. The molecule has 2 atom stereocenters. The van der Waals surface area contributed by atoms with Gasteiger partial charge in [0.15, 0.2) is 0 Å². The second-order valence-corrected chi connectivity index (χ2v) is 10.4. The zero-order valence-electron chi connectivity index (χ0n) is 19.5. The molecule has 9 heteroatoms. The van der Waals surface area contributed by atoms with Crippen molar-refractivity contribution >= 4 is 39.8 Å². The Hall–Kier alpha value is -2.42. The fourth-order valence-electron chi connectivity index (χ4n) is 3.50. The second kappa shape index (κ2) is 13.0. The number of carbonyl (C=O) groups is 1. The summed E-state index contributed by atoms with van der Waals surface area (Å²) in [6.07, 6.45) is -0.0134. The summed E-state index contributed by atoms with van der Waals surface area (Å²) >= 11 is 5.98. The summed E-state index contributed by atoms with van der Waals surface area (Å²) in [7, 11) is -3.71. The largest absolute Gasteiger partial charge is 0.462 e. The van der Waals surface area contributed by atoms with Crippen molar-refractivity contribution in [3.05, 3.63) is 94.5 Å². The number of benzene rings is 3. The summed E-state index contributed by atoms with van der Waals surface area (Å²) in [5.41, 5.74) is 2.02. The summed E-state index contributed by atoms with van der Waals surface area (Å²) in [4.78, 5) is 12.1. The summed E-state index contributed by atoms with van der Waals surface area (Å²) in [6.45, 7) is 4.33. The highest BCUT2D eigenvalue weighted by molar-refractivity contribution is 7.91. The quantitative estimate of drug-likeness (QED) is 0.352. The first-order valence-corrected chi connectivity index (χ1v) is 12.8. The lowest BCUT2D eigenvalue weighted by atomic mass is 10.1. The summed E-state index contributed by atoms with van der Waals surface area (Å²) < 4.78 is 30.8. The standard InChI is InChI=1S/C26H28ClNO5S.ClH/c1-3-33-26(30)20-9-13-24(14-10-20)34(31,32)23-11-7-19(8-12-23)15-18(2)28-17-25(29)21-5-4-6-22(27)16-21;/h4-14,16,18,25,28-29H,3,15,17H2,1-2H3;1H/t18-,25+;/m0./s1. The molecule has 6 nitrogen and oxygen atoms in total. The average molecular weight is 538 g/mol. The topological polar surface area (TPSA) is 92.7 Å². The van der Waals surface area contributed by atoms with Crippen molar-refractivity contribution in [3.8, 4) is 0 Å². The van der Waals surface area contributed by atoms with E-state index in [2.05, 4.69) is 5.32 Å². The third-order valence-corrected chi connectivity index (χ3v) is 7.37. The Morgan fingerprint density at radius 1 is 1.03 bits per heavy atom. The van der Waals surface area contributed by atoms with Crippen molar-refractivity contribution in [2.45, 2.75) is 42.2 Å². The van der Waals surface area contributed by atoms with Gasteiger partial charge in [-0.2, -0.15) is 0 Å². The van der Waals surface area contributed by atoms with Gasteiger partial charge in [0.25, 0.3) is 0 Å². The van der Waals surface area contributed by atoms with Gasteiger partial charge in [-0.1, -0.05) is 35.9 Å². The molecule has 0 aliphatic rings. The van der Waals surface area contributed by atoms with Crippen molar-refractivity contribution in [2.75, 3.05) is 13.2 Å². The molecule has 0 radical (unpaired) electrons. The first kappa shape index (κ1) is 28.8. The normalized spacial score (nSPS) is 12.9. The van der Waals surface area contributed by atoms with Crippen LogP contribution in [0.2, 0.25) is 5.02 Å². The van der Waals surface area contributed by atoms with Crippen LogP contribution in [0.15, 0.2) is 82.6 Å². The van der Waals surface area contributed by atoms with Crippen LogP contribution in [0.25, 0.3) is 0 Å². The molecule has 0 fully saturated rings. The Bertz CT molecular complexity index is 1220. The van der Waals surface area contributed by atoms with Crippen LogP contribution in [0.3, 0.4) is 0 Å². The summed E-state index contributed by atoms with van der Waals surface area (Å²) in [6, 6.07) is 19.6. The van der Waals surface area contributed by atoms with Crippen LogP contribution >= 0.6 is 24.0 Å². The van der Waals surface area contributed by atoms with Gasteiger partial charge in [-0.25, -0.2) is 13.2 Å².